The van der Waals surface area contributed by atoms with Crippen LogP contribution in [0.25, 0.3) is 0 Å². The number of hydrogen-bond donors (Lipinski definition) is 1. The lowest BCUT2D eigenvalue weighted by atomic mass is 10.0. The zero-order chi connectivity index (χ0) is 9.47. The summed E-state index contributed by atoms with van der Waals surface area (Å²) in [7, 11) is 1.90. The van der Waals surface area contributed by atoms with Gasteiger partial charge >= 0.3 is 0 Å². The van der Waals surface area contributed by atoms with Crippen LogP contribution < -0.4 is 5.32 Å². The minimum atomic E-state index is -0.0594. The molecule has 0 saturated heterocycles. The molecule has 2 rings (SSSR count). The lowest BCUT2D eigenvalue weighted by molar-refractivity contribution is 0.521. The number of halogens is 1. The van der Waals surface area contributed by atoms with Gasteiger partial charge in [-0.2, -0.15) is 0 Å². The van der Waals surface area contributed by atoms with Crippen molar-refractivity contribution in [1.82, 2.24) is 5.32 Å². The predicted octanol–water partition coefficient (Wildman–Crippen LogP) is 2.34. The first-order chi connectivity index (χ1) is 6.19. The van der Waals surface area contributed by atoms with Gasteiger partial charge in [-0.3, -0.25) is 0 Å². The third-order valence-corrected chi connectivity index (χ3v) is 2.94. The fraction of sp³-hybridized carbons (Fsp3) is 0.455. The van der Waals surface area contributed by atoms with Gasteiger partial charge in [-0.1, -0.05) is 18.2 Å². The lowest BCUT2D eigenvalue weighted by Gasteiger charge is -2.16. The summed E-state index contributed by atoms with van der Waals surface area (Å²) in [5.74, 6) is -0.0469. The number of rotatable bonds is 2. The van der Waals surface area contributed by atoms with Gasteiger partial charge in [0, 0.05) is 11.1 Å². The zero-order valence-corrected chi connectivity index (χ0v) is 8.02. The molecule has 0 spiro atoms. The second-order valence-corrected chi connectivity index (χ2v) is 3.77. The first kappa shape index (κ1) is 8.70. The highest BCUT2D eigenvalue weighted by atomic mass is 19.1. The largest absolute Gasteiger partial charge is 0.310 e. The minimum absolute atomic E-state index is 0.0469. The molecule has 1 aromatic carbocycles. The van der Waals surface area contributed by atoms with E-state index >= 15 is 0 Å². The Labute approximate surface area is 78.0 Å². The van der Waals surface area contributed by atoms with Crippen molar-refractivity contribution in [3.63, 3.8) is 0 Å². The van der Waals surface area contributed by atoms with Crippen molar-refractivity contribution < 1.29 is 4.39 Å². The van der Waals surface area contributed by atoms with Crippen molar-refractivity contribution in [2.75, 3.05) is 7.05 Å². The quantitative estimate of drug-likeness (QED) is 0.734. The molecule has 13 heavy (non-hydrogen) atoms. The van der Waals surface area contributed by atoms with E-state index < -0.39 is 0 Å². The fourth-order valence-electron chi connectivity index (χ4n) is 1.80. The molecule has 1 saturated carbocycles. The van der Waals surface area contributed by atoms with Crippen LogP contribution in [0.15, 0.2) is 18.2 Å². The highest BCUT2D eigenvalue weighted by Gasteiger charge is 2.44. The van der Waals surface area contributed by atoms with Crippen molar-refractivity contribution in [2.45, 2.75) is 25.3 Å². The maximum atomic E-state index is 13.7. The second-order valence-electron chi connectivity index (χ2n) is 3.77. The summed E-state index contributed by atoms with van der Waals surface area (Å²) in [5.41, 5.74) is 1.50. The Kier molecular flexibility index (Phi) is 1.88. The van der Waals surface area contributed by atoms with Crippen LogP contribution in [-0.4, -0.2) is 7.05 Å². The molecule has 1 fully saturated rings. The van der Waals surface area contributed by atoms with Crippen LogP contribution in [0.5, 0.6) is 0 Å². The summed E-state index contributed by atoms with van der Waals surface area (Å²) in [4.78, 5) is 0. The van der Waals surface area contributed by atoms with Crippen molar-refractivity contribution >= 4 is 0 Å². The molecule has 0 heterocycles. The predicted molar refractivity (Wildman–Crippen MR) is 51.1 cm³/mol. The lowest BCUT2D eigenvalue weighted by Crippen LogP contribution is -2.25. The maximum absolute atomic E-state index is 13.7. The number of nitrogens with one attached hydrogen (secondary N) is 1. The first-order valence-electron chi connectivity index (χ1n) is 4.64. The smallest absolute Gasteiger partial charge is 0.131 e. The first-order valence-corrected chi connectivity index (χ1v) is 4.64. The molecule has 0 amide bonds. The van der Waals surface area contributed by atoms with Gasteiger partial charge in [0.05, 0.1) is 0 Å². The van der Waals surface area contributed by atoms with Crippen molar-refractivity contribution in [1.29, 1.82) is 0 Å². The molecule has 2 heteroatoms. The van der Waals surface area contributed by atoms with Crippen LogP contribution in [-0.2, 0) is 5.54 Å². The molecule has 1 nitrogen and oxygen atoms in total. The molecule has 0 aromatic heterocycles. The third kappa shape index (κ3) is 1.25. The normalized spacial score (nSPS) is 18.7. The molecular weight excluding hydrogens is 165 g/mol. The molecule has 0 atom stereocenters. The van der Waals surface area contributed by atoms with Gasteiger partial charge < -0.3 is 5.32 Å². The van der Waals surface area contributed by atoms with Crippen LogP contribution in [0, 0.1) is 12.7 Å². The average Bonchev–Trinajstić information content (AvgIpc) is 2.90. The van der Waals surface area contributed by atoms with E-state index in [0.717, 1.165) is 24.0 Å². The Bertz CT molecular complexity index is 329. The maximum Gasteiger partial charge on any atom is 0.131 e. The number of aryl methyl sites for hydroxylation is 1. The van der Waals surface area contributed by atoms with E-state index in [9.17, 15) is 4.39 Å². The highest BCUT2D eigenvalue weighted by Crippen LogP contribution is 2.46. The fourth-order valence-corrected chi connectivity index (χ4v) is 1.80. The van der Waals surface area contributed by atoms with Crippen LogP contribution >= 0.6 is 0 Å². The van der Waals surface area contributed by atoms with Gasteiger partial charge in [-0.15, -0.1) is 0 Å². The SMILES string of the molecule is CNC1(c2cccc(C)c2F)CC1. The average molecular weight is 179 g/mol. The minimum Gasteiger partial charge on any atom is -0.310 e. The Morgan fingerprint density at radius 3 is 2.62 bits per heavy atom. The Morgan fingerprint density at radius 2 is 2.08 bits per heavy atom. The Morgan fingerprint density at radius 1 is 1.38 bits per heavy atom. The summed E-state index contributed by atoms with van der Waals surface area (Å²) < 4.78 is 13.7. The number of hydrogen-bond acceptors (Lipinski definition) is 1. The van der Waals surface area contributed by atoms with E-state index in [1.165, 1.54) is 0 Å². The molecule has 70 valence electrons. The van der Waals surface area contributed by atoms with E-state index in [4.69, 9.17) is 0 Å². The summed E-state index contributed by atoms with van der Waals surface area (Å²) in [5, 5.41) is 3.20. The summed E-state index contributed by atoms with van der Waals surface area (Å²) in [6, 6.07) is 5.61. The van der Waals surface area contributed by atoms with Gasteiger partial charge in [0.25, 0.3) is 0 Å². The molecule has 1 N–H and O–H groups in total. The van der Waals surface area contributed by atoms with Gasteiger partial charge in [-0.05, 0) is 32.4 Å². The molecule has 1 aliphatic carbocycles. The second kappa shape index (κ2) is 2.81. The molecule has 0 unspecified atom stereocenters. The highest BCUT2D eigenvalue weighted by molar-refractivity contribution is 5.35. The summed E-state index contributed by atoms with van der Waals surface area (Å²) >= 11 is 0. The molecule has 1 aromatic rings. The van der Waals surface area contributed by atoms with E-state index in [1.54, 1.807) is 0 Å². The molecule has 0 radical (unpaired) electrons. The van der Waals surface area contributed by atoms with Crippen LogP contribution in [0.4, 0.5) is 4.39 Å². The van der Waals surface area contributed by atoms with E-state index in [-0.39, 0.29) is 11.4 Å². The summed E-state index contributed by atoms with van der Waals surface area (Å²) in [6.45, 7) is 1.81. The zero-order valence-electron chi connectivity index (χ0n) is 8.02. The Balaban J connectivity index is 2.46. The van der Waals surface area contributed by atoms with Crippen molar-refractivity contribution in [3.8, 4) is 0 Å². The van der Waals surface area contributed by atoms with E-state index in [1.807, 2.05) is 32.2 Å². The van der Waals surface area contributed by atoms with Crippen molar-refractivity contribution in [3.05, 3.63) is 35.1 Å². The van der Waals surface area contributed by atoms with Gasteiger partial charge in [0.2, 0.25) is 0 Å². The Hall–Kier alpha value is -0.890. The standard InChI is InChI=1S/C11H14FN/c1-8-4-3-5-9(10(8)12)11(13-2)6-7-11/h3-5,13H,6-7H2,1-2H3. The van der Waals surface area contributed by atoms with Crippen LogP contribution in [0.2, 0.25) is 0 Å². The van der Waals surface area contributed by atoms with Gasteiger partial charge in [-0.25, -0.2) is 4.39 Å². The molecular formula is C11H14FN. The molecule has 1 aliphatic rings. The molecule has 0 aliphatic heterocycles. The van der Waals surface area contributed by atoms with Crippen molar-refractivity contribution in [2.24, 2.45) is 0 Å². The van der Waals surface area contributed by atoms with E-state index in [0.29, 0.717) is 0 Å². The van der Waals surface area contributed by atoms with Gasteiger partial charge in [0.1, 0.15) is 5.82 Å². The van der Waals surface area contributed by atoms with Crippen LogP contribution in [0.3, 0.4) is 0 Å². The third-order valence-electron chi connectivity index (χ3n) is 2.94. The molecule has 0 bridgehead atoms. The van der Waals surface area contributed by atoms with E-state index in [2.05, 4.69) is 5.32 Å². The summed E-state index contributed by atoms with van der Waals surface area (Å²) in [6.07, 6.45) is 2.09. The monoisotopic (exact) mass is 179 g/mol. The van der Waals surface area contributed by atoms with Gasteiger partial charge in [0.15, 0.2) is 0 Å². The van der Waals surface area contributed by atoms with Crippen LogP contribution in [0.1, 0.15) is 24.0 Å². The number of benzene rings is 1. The topological polar surface area (TPSA) is 12.0 Å².